The predicted molar refractivity (Wildman–Crippen MR) is 72.2 cm³/mol. The Hall–Kier alpha value is -0.800. The summed E-state index contributed by atoms with van der Waals surface area (Å²) in [6.07, 6.45) is -1.24. The molecule has 1 aliphatic carbocycles. The molecule has 0 amide bonds. The molecule has 0 aromatic carbocycles. The van der Waals surface area contributed by atoms with Crippen molar-refractivity contribution in [2.75, 3.05) is 13.1 Å². The second-order valence-corrected chi connectivity index (χ2v) is 5.94. The molecule has 0 heterocycles. The van der Waals surface area contributed by atoms with Crippen molar-refractivity contribution in [2.45, 2.75) is 70.3 Å². The third-order valence-corrected chi connectivity index (χ3v) is 3.66. The van der Waals surface area contributed by atoms with Crippen LogP contribution < -0.4 is 5.32 Å². The summed E-state index contributed by atoms with van der Waals surface area (Å²) in [5.74, 6) is 0. The second-order valence-electron chi connectivity index (χ2n) is 5.94. The standard InChI is InChI=1S/C14H24F3N3/c1-4-7-19-13(3,9-18)8-11(2)20(12-5-6-12)10-14(15,16)17/h11-12,19H,4-8,10H2,1-3H3. The molecular weight excluding hydrogens is 267 g/mol. The summed E-state index contributed by atoms with van der Waals surface area (Å²) < 4.78 is 37.9. The van der Waals surface area contributed by atoms with Crippen molar-refractivity contribution >= 4 is 0 Å². The molecule has 0 saturated heterocycles. The van der Waals surface area contributed by atoms with Gasteiger partial charge in [-0.25, -0.2) is 0 Å². The van der Waals surface area contributed by atoms with Crippen LogP contribution in [0.25, 0.3) is 0 Å². The number of nitrogens with one attached hydrogen (secondary N) is 1. The van der Waals surface area contributed by atoms with E-state index in [-0.39, 0.29) is 12.1 Å². The Kier molecular flexibility index (Phi) is 5.84. The molecule has 1 fully saturated rings. The minimum Gasteiger partial charge on any atom is -0.300 e. The van der Waals surface area contributed by atoms with Gasteiger partial charge in [0.25, 0.3) is 0 Å². The molecule has 0 bridgehead atoms. The largest absolute Gasteiger partial charge is 0.401 e. The molecule has 0 spiro atoms. The van der Waals surface area contributed by atoms with Crippen LogP contribution in [0.5, 0.6) is 0 Å². The second kappa shape index (κ2) is 6.77. The van der Waals surface area contributed by atoms with E-state index >= 15 is 0 Å². The maximum Gasteiger partial charge on any atom is 0.401 e. The molecule has 1 aliphatic rings. The van der Waals surface area contributed by atoms with Gasteiger partial charge in [-0.2, -0.15) is 18.4 Å². The van der Waals surface area contributed by atoms with Gasteiger partial charge in [-0.3, -0.25) is 10.2 Å². The summed E-state index contributed by atoms with van der Waals surface area (Å²) in [6, 6.07) is 1.97. The maximum absolute atomic E-state index is 12.6. The molecule has 20 heavy (non-hydrogen) atoms. The van der Waals surface area contributed by atoms with Gasteiger partial charge in [0.05, 0.1) is 12.6 Å². The van der Waals surface area contributed by atoms with Gasteiger partial charge in [-0.05, 0) is 46.1 Å². The molecule has 0 aromatic heterocycles. The molecule has 1 saturated carbocycles. The van der Waals surface area contributed by atoms with Gasteiger partial charge in [0.2, 0.25) is 0 Å². The van der Waals surface area contributed by atoms with Crippen molar-refractivity contribution < 1.29 is 13.2 Å². The molecule has 1 N–H and O–H groups in total. The summed E-state index contributed by atoms with van der Waals surface area (Å²) in [5, 5.41) is 12.4. The Morgan fingerprint density at radius 2 is 2.00 bits per heavy atom. The lowest BCUT2D eigenvalue weighted by Gasteiger charge is -2.34. The van der Waals surface area contributed by atoms with Crippen LogP contribution in [0.1, 0.15) is 46.5 Å². The van der Waals surface area contributed by atoms with Gasteiger partial charge in [0.15, 0.2) is 0 Å². The molecule has 0 aliphatic heterocycles. The molecule has 116 valence electrons. The smallest absolute Gasteiger partial charge is 0.300 e. The van der Waals surface area contributed by atoms with Crippen LogP contribution in [0, 0.1) is 11.3 Å². The first-order valence-electron chi connectivity index (χ1n) is 7.19. The highest BCUT2D eigenvalue weighted by atomic mass is 19.4. The molecule has 0 aromatic rings. The van der Waals surface area contributed by atoms with E-state index in [1.807, 2.05) is 6.92 Å². The average molecular weight is 291 g/mol. The fourth-order valence-electron chi connectivity index (χ4n) is 2.52. The molecule has 1 rings (SSSR count). The van der Waals surface area contributed by atoms with E-state index < -0.39 is 18.3 Å². The van der Waals surface area contributed by atoms with Gasteiger partial charge in [0, 0.05) is 12.1 Å². The number of alkyl halides is 3. The van der Waals surface area contributed by atoms with Crippen LogP contribution in [0.15, 0.2) is 0 Å². The van der Waals surface area contributed by atoms with E-state index in [0.29, 0.717) is 13.0 Å². The summed E-state index contributed by atoms with van der Waals surface area (Å²) in [5.41, 5.74) is -0.770. The van der Waals surface area contributed by atoms with Gasteiger partial charge in [-0.15, -0.1) is 0 Å². The minimum atomic E-state index is -4.18. The first-order valence-corrected chi connectivity index (χ1v) is 7.19. The number of nitrogens with zero attached hydrogens (tertiary/aromatic N) is 2. The van der Waals surface area contributed by atoms with Crippen molar-refractivity contribution in [3.05, 3.63) is 0 Å². The SMILES string of the molecule is CCCNC(C)(C#N)CC(C)N(CC(F)(F)F)C1CC1. The van der Waals surface area contributed by atoms with Crippen LogP contribution in [0.4, 0.5) is 13.2 Å². The highest BCUT2D eigenvalue weighted by molar-refractivity contribution is 5.06. The first-order chi connectivity index (χ1) is 9.21. The van der Waals surface area contributed by atoms with Crippen LogP contribution in [0.3, 0.4) is 0 Å². The lowest BCUT2D eigenvalue weighted by Crippen LogP contribution is -2.49. The Morgan fingerprint density at radius 1 is 1.40 bits per heavy atom. The van der Waals surface area contributed by atoms with Gasteiger partial charge >= 0.3 is 6.18 Å². The number of hydrogen-bond donors (Lipinski definition) is 1. The van der Waals surface area contributed by atoms with E-state index in [1.165, 1.54) is 4.90 Å². The molecule has 6 heteroatoms. The topological polar surface area (TPSA) is 39.1 Å². The van der Waals surface area contributed by atoms with E-state index in [4.69, 9.17) is 0 Å². The summed E-state index contributed by atoms with van der Waals surface area (Å²) in [6.45, 7) is 5.35. The van der Waals surface area contributed by atoms with Gasteiger partial charge in [-0.1, -0.05) is 6.92 Å². The highest BCUT2D eigenvalue weighted by Crippen LogP contribution is 2.33. The number of nitriles is 1. The number of hydrogen-bond acceptors (Lipinski definition) is 3. The highest BCUT2D eigenvalue weighted by Gasteiger charge is 2.41. The zero-order valence-corrected chi connectivity index (χ0v) is 12.4. The summed E-state index contributed by atoms with van der Waals surface area (Å²) >= 11 is 0. The van der Waals surface area contributed by atoms with Crippen molar-refractivity contribution in [3.63, 3.8) is 0 Å². The summed E-state index contributed by atoms with van der Waals surface area (Å²) in [4.78, 5) is 1.50. The normalized spacial score (nSPS) is 20.5. The lowest BCUT2D eigenvalue weighted by molar-refractivity contribution is -0.152. The fraction of sp³-hybridized carbons (Fsp3) is 0.929. The van der Waals surface area contributed by atoms with Crippen LogP contribution in [-0.4, -0.2) is 41.8 Å². The van der Waals surface area contributed by atoms with Crippen molar-refractivity contribution in [1.29, 1.82) is 5.26 Å². The van der Waals surface area contributed by atoms with Crippen molar-refractivity contribution in [1.82, 2.24) is 10.2 Å². The number of rotatable bonds is 8. The third kappa shape index (κ3) is 5.68. The molecular formula is C14H24F3N3. The van der Waals surface area contributed by atoms with Crippen LogP contribution >= 0.6 is 0 Å². The minimum absolute atomic E-state index is 0.0285. The molecule has 3 nitrogen and oxygen atoms in total. The molecule has 0 radical (unpaired) electrons. The Morgan fingerprint density at radius 3 is 2.40 bits per heavy atom. The van der Waals surface area contributed by atoms with E-state index in [0.717, 1.165) is 19.3 Å². The maximum atomic E-state index is 12.6. The van der Waals surface area contributed by atoms with Crippen LogP contribution in [-0.2, 0) is 0 Å². The summed E-state index contributed by atoms with van der Waals surface area (Å²) in [7, 11) is 0. The van der Waals surface area contributed by atoms with Gasteiger partial charge < -0.3 is 0 Å². The van der Waals surface area contributed by atoms with Gasteiger partial charge in [0.1, 0.15) is 5.54 Å². The predicted octanol–water partition coefficient (Wildman–Crippen LogP) is 3.07. The molecule has 2 atom stereocenters. The molecule has 2 unspecified atom stereocenters. The monoisotopic (exact) mass is 291 g/mol. The Bertz CT molecular complexity index is 347. The Labute approximate surface area is 119 Å². The zero-order chi connectivity index (χ0) is 15.4. The van der Waals surface area contributed by atoms with Crippen molar-refractivity contribution in [2.24, 2.45) is 0 Å². The third-order valence-electron chi connectivity index (χ3n) is 3.66. The van der Waals surface area contributed by atoms with Crippen LogP contribution in [0.2, 0.25) is 0 Å². The van der Waals surface area contributed by atoms with E-state index in [1.54, 1.807) is 13.8 Å². The van der Waals surface area contributed by atoms with E-state index in [2.05, 4.69) is 11.4 Å². The number of halogens is 3. The quantitative estimate of drug-likeness (QED) is 0.747. The fourth-order valence-corrected chi connectivity index (χ4v) is 2.52. The zero-order valence-electron chi connectivity index (χ0n) is 12.4. The van der Waals surface area contributed by atoms with Crippen molar-refractivity contribution in [3.8, 4) is 6.07 Å². The Balaban J connectivity index is 2.65. The first kappa shape index (κ1) is 17.3. The average Bonchev–Trinajstić information content (AvgIpc) is 3.16. The lowest BCUT2D eigenvalue weighted by atomic mass is 9.94. The van der Waals surface area contributed by atoms with E-state index in [9.17, 15) is 18.4 Å².